The van der Waals surface area contributed by atoms with Gasteiger partial charge in [-0.25, -0.2) is 14.4 Å². The van der Waals surface area contributed by atoms with Crippen molar-refractivity contribution in [3.8, 4) is 0 Å². The lowest BCUT2D eigenvalue weighted by Gasteiger charge is -2.21. The molecule has 28 heavy (non-hydrogen) atoms. The number of aromatic nitrogens is 2. The quantitative estimate of drug-likeness (QED) is 0.678. The molecule has 3 rings (SSSR count). The molecule has 2 aromatic carbocycles. The molecule has 1 heterocycles. The average molecular weight is 378 g/mol. The van der Waals surface area contributed by atoms with Crippen molar-refractivity contribution in [1.82, 2.24) is 15.3 Å². The van der Waals surface area contributed by atoms with Crippen molar-refractivity contribution < 1.29 is 9.18 Å². The molecule has 1 amide bonds. The van der Waals surface area contributed by atoms with Gasteiger partial charge in [0.2, 0.25) is 5.95 Å². The Labute approximate surface area is 164 Å². The number of nitrogens with one attached hydrogen (secondary N) is 1. The Hall–Kier alpha value is -3.28. The summed E-state index contributed by atoms with van der Waals surface area (Å²) in [6.45, 7) is 5.30. The number of carbonyl (C=O) groups excluding carboxylic acids is 1. The van der Waals surface area contributed by atoms with Crippen LogP contribution in [0.25, 0.3) is 0 Å². The molecule has 0 aliphatic rings. The first kappa shape index (κ1) is 19.5. The highest BCUT2D eigenvalue weighted by Gasteiger charge is 2.15. The van der Waals surface area contributed by atoms with Gasteiger partial charge in [0.25, 0.3) is 5.91 Å². The number of rotatable bonds is 7. The number of carbonyl (C=O) groups is 1. The standard InChI is InChI=1S/C22H23FN4O/c1-3-27(15-17-9-5-4-6-10-17)22-25-16(2)13-20(26-22)21(28)24-14-18-11-7-8-12-19(18)23/h4-13H,3,14-15H2,1-2H3,(H,24,28). The molecular weight excluding hydrogens is 355 g/mol. The van der Waals surface area contributed by atoms with E-state index >= 15 is 0 Å². The third-order valence-electron chi connectivity index (χ3n) is 4.35. The number of hydrogen-bond donors (Lipinski definition) is 1. The second-order valence-corrected chi connectivity index (χ2v) is 6.47. The maximum Gasteiger partial charge on any atom is 0.270 e. The van der Waals surface area contributed by atoms with E-state index in [1.807, 2.05) is 49.1 Å². The van der Waals surface area contributed by atoms with Gasteiger partial charge in [-0.1, -0.05) is 48.5 Å². The second-order valence-electron chi connectivity index (χ2n) is 6.47. The molecule has 0 aliphatic carbocycles. The van der Waals surface area contributed by atoms with Crippen molar-refractivity contribution in [3.05, 3.63) is 89.0 Å². The molecule has 1 aromatic heterocycles. The average Bonchev–Trinajstić information content (AvgIpc) is 2.71. The lowest BCUT2D eigenvalue weighted by Crippen LogP contribution is -2.28. The Morgan fingerprint density at radius 1 is 1.07 bits per heavy atom. The van der Waals surface area contributed by atoms with Crippen LogP contribution in [-0.4, -0.2) is 22.4 Å². The predicted molar refractivity (Wildman–Crippen MR) is 108 cm³/mol. The van der Waals surface area contributed by atoms with Crippen LogP contribution in [0.4, 0.5) is 10.3 Å². The Morgan fingerprint density at radius 3 is 2.50 bits per heavy atom. The Kier molecular flexibility index (Phi) is 6.32. The molecule has 0 atom stereocenters. The van der Waals surface area contributed by atoms with Crippen LogP contribution in [0.1, 0.15) is 34.2 Å². The van der Waals surface area contributed by atoms with E-state index in [1.165, 1.54) is 6.07 Å². The second kappa shape index (κ2) is 9.08. The summed E-state index contributed by atoms with van der Waals surface area (Å²) in [5.74, 6) is -0.199. The van der Waals surface area contributed by atoms with Gasteiger partial charge in [-0.05, 0) is 31.5 Å². The molecule has 6 heteroatoms. The molecule has 0 bridgehead atoms. The minimum atomic E-state index is -0.356. The van der Waals surface area contributed by atoms with Gasteiger partial charge < -0.3 is 10.2 Å². The zero-order chi connectivity index (χ0) is 19.9. The van der Waals surface area contributed by atoms with Crippen LogP contribution in [0.15, 0.2) is 60.7 Å². The molecule has 0 saturated carbocycles. The summed E-state index contributed by atoms with van der Waals surface area (Å²) < 4.78 is 13.7. The number of benzene rings is 2. The number of nitrogens with zero attached hydrogens (tertiary/aromatic N) is 3. The summed E-state index contributed by atoms with van der Waals surface area (Å²) in [5, 5.41) is 2.73. The molecule has 0 unspecified atom stereocenters. The summed E-state index contributed by atoms with van der Waals surface area (Å²) in [6, 6.07) is 18.0. The van der Waals surface area contributed by atoms with Crippen molar-refractivity contribution in [2.24, 2.45) is 0 Å². The largest absolute Gasteiger partial charge is 0.347 e. The summed E-state index contributed by atoms with van der Waals surface area (Å²) in [7, 11) is 0. The van der Waals surface area contributed by atoms with E-state index in [0.29, 0.717) is 30.3 Å². The maximum absolute atomic E-state index is 13.7. The predicted octanol–water partition coefficient (Wildman–Crippen LogP) is 3.88. The maximum atomic E-state index is 13.7. The van der Waals surface area contributed by atoms with Crippen LogP contribution in [-0.2, 0) is 13.1 Å². The monoisotopic (exact) mass is 378 g/mol. The fourth-order valence-corrected chi connectivity index (χ4v) is 2.85. The number of aryl methyl sites for hydroxylation is 1. The number of halogens is 1. The topological polar surface area (TPSA) is 58.1 Å². The Balaban J connectivity index is 1.76. The number of hydrogen-bond acceptors (Lipinski definition) is 4. The summed E-state index contributed by atoms with van der Waals surface area (Å²) in [5.41, 5.74) is 2.54. The SMILES string of the molecule is CCN(Cc1ccccc1)c1nc(C)cc(C(=O)NCc2ccccc2F)n1. The number of amides is 1. The van der Waals surface area contributed by atoms with Crippen molar-refractivity contribution in [1.29, 1.82) is 0 Å². The van der Waals surface area contributed by atoms with Gasteiger partial charge in [0.05, 0.1) is 0 Å². The van der Waals surface area contributed by atoms with E-state index in [2.05, 4.69) is 15.3 Å². The van der Waals surface area contributed by atoms with E-state index in [0.717, 1.165) is 5.56 Å². The number of anilines is 1. The third kappa shape index (κ3) is 4.91. The van der Waals surface area contributed by atoms with Crippen molar-refractivity contribution in [2.75, 3.05) is 11.4 Å². The van der Waals surface area contributed by atoms with Crippen LogP contribution in [0.3, 0.4) is 0 Å². The van der Waals surface area contributed by atoms with E-state index < -0.39 is 0 Å². The summed E-state index contributed by atoms with van der Waals surface area (Å²) in [4.78, 5) is 23.5. The molecule has 144 valence electrons. The molecule has 0 saturated heterocycles. The fourth-order valence-electron chi connectivity index (χ4n) is 2.85. The highest BCUT2D eigenvalue weighted by Crippen LogP contribution is 2.14. The van der Waals surface area contributed by atoms with E-state index in [-0.39, 0.29) is 24.0 Å². The van der Waals surface area contributed by atoms with Gasteiger partial charge in [-0.3, -0.25) is 4.79 Å². The van der Waals surface area contributed by atoms with Crippen LogP contribution in [0, 0.1) is 12.7 Å². The van der Waals surface area contributed by atoms with Gasteiger partial charge in [0.15, 0.2) is 0 Å². The van der Waals surface area contributed by atoms with Gasteiger partial charge in [-0.15, -0.1) is 0 Å². The Bertz CT molecular complexity index is 946. The first-order valence-corrected chi connectivity index (χ1v) is 9.23. The van der Waals surface area contributed by atoms with Crippen LogP contribution in [0.5, 0.6) is 0 Å². The molecule has 0 radical (unpaired) electrons. The smallest absolute Gasteiger partial charge is 0.270 e. The zero-order valence-corrected chi connectivity index (χ0v) is 16.0. The van der Waals surface area contributed by atoms with E-state index in [4.69, 9.17) is 0 Å². The fraction of sp³-hybridized carbons (Fsp3) is 0.227. The molecule has 0 aliphatic heterocycles. The molecule has 0 spiro atoms. The highest BCUT2D eigenvalue weighted by atomic mass is 19.1. The minimum absolute atomic E-state index is 0.103. The molecule has 3 aromatic rings. The van der Waals surface area contributed by atoms with Crippen LogP contribution < -0.4 is 10.2 Å². The van der Waals surface area contributed by atoms with Crippen LogP contribution >= 0.6 is 0 Å². The van der Waals surface area contributed by atoms with Crippen molar-refractivity contribution >= 4 is 11.9 Å². The highest BCUT2D eigenvalue weighted by molar-refractivity contribution is 5.92. The van der Waals surface area contributed by atoms with Crippen molar-refractivity contribution in [3.63, 3.8) is 0 Å². The lowest BCUT2D eigenvalue weighted by atomic mass is 10.2. The van der Waals surface area contributed by atoms with Crippen molar-refractivity contribution in [2.45, 2.75) is 26.9 Å². The Morgan fingerprint density at radius 2 is 1.79 bits per heavy atom. The van der Waals surface area contributed by atoms with Gasteiger partial charge in [-0.2, -0.15) is 0 Å². The summed E-state index contributed by atoms with van der Waals surface area (Å²) in [6.07, 6.45) is 0. The molecule has 0 fully saturated rings. The van der Waals surface area contributed by atoms with Gasteiger partial charge in [0, 0.05) is 30.9 Å². The first-order valence-electron chi connectivity index (χ1n) is 9.23. The minimum Gasteiger partial charge on any atom is -0.347 e. The molecule has 1 N–H and O–H groups in total. The van der Waals surface area contributed by atoms with Gasteiger partial charge in [0.1, 0.15) is 11.5 Å². The lowest BCUT2D eigenvalue weighted by molar-refractivity contribution is 0.0945. The van der Waals surface area contributed by atoms with Crippen LogP contribution in [0.2, 0.25) is 0 Å². The first-order chi connectivity index (χ1) is 13.6. The third-order valence-corrected chi connectivity index (χ3v) is 4.35. The van der Waals surface area contributed by atoms with E-state index in [9.17, 15) is 9.18 Å². The summed E-state index contributed by atoms with van der Waals surface area (Å²) >= 11 is 0. The van der Waals surface area contributed by atoms with E-state index in [1.54, 1.807) is 24.3 Å². The zero-order valence-electron chi connectivity index (χ0n) is 16.0. The normalized spacial score (nSPS) is 10.5. The molecule has 5 nitrogen and oxygen atoms in total. The van der Waals surface area contributed by atoms with Gasteiger partial charge >= 0.3 is 0 Å². The molecular formula is C22H23FN4O.